The molecule has 0 radical (unpaired) electrons. The van der Waals surface area contributed by atoms with Crippen LogP contribution in [0.1, 0.15) is 5.56 Å². The maximum absolute atomic E-state index is 12.7. The number of nitrogens with zero attached hydrogens (tertiary/aromatic N) is 2. The van der Waals surface area contributed by atoms with Crippen LogP contribution in [0.25, 0.3) is 0 Å². The van der Waals surface area contributed by atoms with Crippen LogP contribution >= 0.6 is 0 Å². The molecule has 1 amide bonds. The molecule has 1 aliphatic rings. The zero-order valence-electron chi connectivity index (χ0n) is 10.5. The van der Waals surface area contributed by atoms with Crippen LogP contribution in [0, 0.1) is 5.82 Å². The Kier molecular flexibility index (Phi) is 5.00. The second kappa shape index (κ2) is 6.96. The quantitative estimate of drug-likeness (QED) is 0.641. The third-order valence-electron chi connectivity index (χ3n) is 2.74. The van der Waals surface area contributed by atoms with E-state index in [1.807, 2.05) is 4.90 Å². The molecule has 0 bridgehead atoms. The molecular weight excluding hydrogens is 249 g/mol. The SMILES string of the molecule is O=C(CN1CCOCC1)N/N=C\c1ccc(F)cc1. The predicted octanol–water partition coefficient (Wildman–Crippen LogP) is 0.608. The van der Waals surface area contributed by atoms with Gasteiger partial charge in [0.15, 0.2) is 0 Å². The van der Waals surface area contributed by atoms with E-state index in [-0.39, 0.29) is 11.7 Å². The van der Waals surface area contributed by atoms with Crippen molar-refractivity contribution >= 4 is 12.1 Å². The minimum atomic E-state index is -0.298. The van der Waals surface area contributed by atoms with Crippen molar-refractivity contribution in [2.75, 3.05) is 32.8 Å². The van der Waals surface area contributed by atoms with E-state index in [1.54, 1.807) is 12.1 Å². The first-order valence-corrected chi connectivity index (χ1v) is 6.11. The van der Waals surface area contributed by atoms with Crippen molar-refractivity contribution in [2.24, 2.45) is 5.10 Å². The average molecular weight is 265 g/mol. The van der Waals surface area contributed by atoms with E-state index in [2.05, 4.69) is 10.5 Å². The first kappa shape index (κ1) is 13.6. The van der Waals surface area contributed by atoms with Crippen LogP contribution in [0.15, 0.2) is 29.4 Å². The molecule has 0 aromatic heterocycles. The Balaban J connectivity index is 1.74. The summed E-state index contributed by atoms with van der Waals surface area (Å²) < 4.78 is 17.9. The number of hydrazone groups is 1. The molecule has 1 saturated heterocycles. The highest BCUT2D eigenvalue weighted by atomic mass is 19.1. The molecule has 1 aromatic carbocycles. The highest BCUT2D eigenvalue weighted by Crippen LogP contribution is 1.99. The monoisotopic (exact) mass is 265 g/mol. The van der Waals surface area contributed by atoms with E-state index < -0.39 is 0 Å². The number of amides is 1. The van der Waals surface area contributed by atoms with Gasteiger partial charge in [-0.2, -0.15) is 5.10 Å². The standard InChI is InChI=1S/C13H16FN3O2/c14-12-3-1-11(2-4-12)9-15-16-13(18)10-17-5-7-19-8-6-17/h1-4,9H,5-8,10H2,(H,16,18)/b15-9-. The number of benzene rings is 1. The van der Waals surface area contributed by atoms with Gasteiger partial charge >= 0.3 is 0 Å². The first-order valence-electron chi connectivity index (χ1n) is 6.11. The van der Waals surface area contributed by atoms with E-state index in [0.29, 0.717) is 19.8 Å². The van der Waals surface area contributed by atoms with Gasteiger partial charge < -0.3 is 4.74 Å². The zero-order chi connectivity index (χ0) is 13.5. The number of morpholine rings is 1. The Labute approximate surface area is 111 Å². The van der Waals surface area contributed by atoms with Crippen molar-refractivity contribution in [1.82, 2.24) is 10.3 Å². The van der Waals surface area contributed by atoms with Gasteiger partial charge in [-0.1, -0.05) is 12.1 Å². The van der Waals surface area contributed by atoms with Crippen molar-refractivity contribution in [2.45, 2.75) is 0 Å². The summed E-state index contributed by atoms with van der Waals surface area (Å²) in [4.78, 5) is 13.6. The lowest BCUT2D eigenvalue weighted by molar-refractivity contribution is -0.123. The van der Waals surface area contributed by atoms with Gasteiger partial charge in [0.1, 0.15) is 5.82 Å². The number of halogens is 1. The van der Waals surface area contributed by atoms with Crippen molar-refractivity contribution in [3.63, 3.8) is 0 Å². The second-order valence-electron chi connectivity index (χ2n) is 4.23. The highest BCUT2D eigenvalue weighted by molar-refractivity contribution is 5.83. The summed E-state index contributed by atoms with van der Waals surface area (Å²) in [6.07, 6.45) is 1.48. The minimum Gasteiger partial charge on any atom is -0.379 e. The van der Waals surface area contributed by atoms with E-state index in [0.717, 1.165) is 18.7 Å². The summed E-state index contributed by atoms with van der Waals surface area (Å²) >= 11 is 0. The first-order chi connectivity index (χ1) is 9.24. The van der Waals surface area contributed by atoms with Crippen LogP contribution in [0.4, 0.5) is 4.39 Å². The third-order valence-corrected chi connectivity index (χ3v) is 2.74. The maximum Gasteiger partial charge on any atom is 0.254 e. The molecule has 19 heavy (non-hydrogen) atoms. The van der Waals surface area contributed by atoms with Crippen molar-refractivity contribution in [1.29, 1.82) is 0 Å². The summed E-state index contributed by atoms with van der Waals surface area (Å²) in [5.74, 6) is -0.464. The van der Waals surface area contributed by atoms with Gasteiger partial charge in [-0.15, -0.1) is 0 Å². The second-order valence-corrected chi connectivity index (χ2v) is 4.23. The van der Waals surface area contributed by atoms with E-state index in [1.165, 1.54) is 18.3 Å². The molecule has 6 heteroatoms. The van der Waals surface area contributed by atoms with Crippen molar-refractivity contribution in [3.05, 3.63) is 35.6 Å². The number of carbonyl (C=O) groups is 1. The van der Waals surface area contributed by atoms with Gasteiger partial charge in [0.2, 0.25) is 0 Å². The van der Waals surface area contributed by atoms with Crippen molar-refractivity contribution < 1.29 is 13.9 Å². The molecule has 1 aliphatic heterocycles. The molecule has 5 nitrogen and oxygen atoms in total. The zero-order valence-corrected chi connectivity index (χ0v) is 10.5. The normalized spacial score (nSPS) is 16.7. The third kappa shape index (κ3) is 4.76. The molecule has 0 aliphatic carbocycles. The summed E-state index contributed by atoms with van der Waals surface area (Å²) in [6.45, 7) is 3.15. The maximum atomic E-state index is 12.7. The Bertz CT molecular complexity index is 442. The molecular formula is C13H16FN3O2. The number of hydrogen-bond donors (Lipinski definition) is 1. The molecule has 0 atom stereocenters. The molecule has 1 N–H and O–H groups in total. The molecule has 1 heterocycles. The van der Waals surface area contributed by atoms with E-state index >= 15 is 0 Å². The fourth-order valence-electron chi connectivity index (χ4n) is 1.73. The molecule has 102 valence electrons. The number of hydrogen-bond acceptors (Lipinski definition) is 4. The van der Waals surface area contributed by atoms with Crippen LogP contribution in [0.2, 0.25) is 0 Å². The van der Waals surface area contributed by atoms with Crippen LogP contribution in [0.3, 0.4) is 0 Å². The average Bonchev–Trinajstić information content (AvgIpc) is 2.42. The molecule has 2 rings (SSSR count). The Hall–Kier alpha value is -1.79. The lowest BCUT2D eigenvalue weighted by atomic mass is 10.2. The van der Waals surface area contributed by atoms with E-state index in [4.69, 9.17) is 4.74 Å². The van der Waals surface area contributed by atoms with Gasteiger partial charge in [0, 0.05) is 13.1 Å². The van der Waals surface area contributed by atoms with Crippen LogP contribution in [-0.2, 0) is 9.53 Å². The molecule has 0 unspecified atom stereocenters. The van der Waals surface area contributed by atoms with E-state index in [9.17, 15) is 9.18 Å². The topological polar surface area (TPSA) is 53.9 Å². The summed E-state index contributed by atoms with van der Waals surface area (Å²) in [5.41, 5.74) is 3.18. The Morgan fingerprint density at radius 1 is 1.37 bits per heavy atom. The Morgan fingerprint density at radius 3 is 2.74 bits per heavy atom. The molecule has 0 spiro atoms. The van der Waals surface area contributed by atoms with Gasteiger partial charge in [-0.3, -0.25) is 9.69 Å². The van der Waals surface area contributed by atoms with Crippen molar-refractivity contribution in [3.8, 4) is 0 Å². The van der Waals surface area contributed by atoms with Gasteiger partial charge in [-0.05, 0) is 17.7 Å². The van der Waals surface area contributed by atoms with Gasteiger partial charge in [-0.25, -0.2) is 9.82 Å². The highest BCUT2D eigenvalue weighted by Gasteiger charge is 2.13. The molecule has 1 aromatic rings. The summed E-state index contributed by atoms with van der Waals surface area (Å²) in [5, 5.41) is 3.83. The number of carbonyl (C=O) groups excluding carboxylic acids is 1. The summed E-state index contributed by atoms with van der Waals surface area (Å²) in [7, 11) is 0. The lowest BCUT2D eigenvalue weighted by Crippen LogP contribution is -2.42. The van der Waals surface area contributed by atoms with Crippen LogP contribution in [-0.4, -0.2) is 49.9 Å². The molecule has 1 fully saturated rings. The fourth-order valence-corrected chi connectivity index (χ4v) is 1.73. The number of nitrogens with one attached hydrogen (secondary N) is 1. The Morgan fingerprint density at radius 2 is 2.05 bits per heavy atom. The predicted molar refractivity (Wildman–Crippen MR) is 69.4 cm³/mol. The number of rotatable bonds is 4. The summed E-state index contributed by atoms with van der Waals surface area (Å²) in [6, 6.07) is 5.87. The molecule has 0 saturated carbocycles. The largest absolute Gasteiger partial charge is 0.379 e. The minimum absolute atomic E-state index is 0.166. The van der Waals surface area contributed by atoms with Crippen LogP contribution < -0.4 is 5.43 Å². The fraction of sp³-hybridized carbons (Fsp3) is 0.385. The van der Waals surface area contributed by atoms with Gasteiger partial charge in [0.25, 0.3) is 5.91 Å². The van der Waals surface area contributed by atoms with Crippen LogP contribution in [0.5, 0.6) is 0 Å². The van der Waals surface area contributed by atoms with Gasteiger partial charge in [0.05, 0.1) is 26.0 Å². The smallest absolute Gasteiger partial charge is 0.254 e. The number of ether oxygens (including phenoxy) is 1. The lowest BCUT2D eigenvalue weighted by Gasteiger charge is -2.25.